The number of rotatable bonds is 6. The minimum absolute atomic E-state index is 0.0114. The lowest BCUT2D eigenvalue weighted by atomic mass is 9.93. The van der Waals surface area contributed by atoms with Crippen LogP contribution in [0, 0.1) is 6.92 Å². The summed E-state index contributed by atoms with van der Waals surface area (Å²) < 4.78 is 10.5. The molecule has 24 heavy (non-hydrogen) atoms. The van der Waals surface area contributed by atoms with E-state index < -0.39 is 0 Å². The number of nitrogens with zero attached hydrogens (tertiary/aromatic N) is 3. The Morgan fingerprint density at radius 2 is 2.00 bits per heavy atom. The summed E-state index contributed by atoms with van der Waals surface area (Å²) in [5.41, 5.74) is 1.05. The third-order valence-electron chi connectivity index (χ3n) is 3.84. The topological polar surface area (TPSA) is 72.4 Å². The average molecular weight is 325 g/mol. The second-order valence-electron chi connectivity index (χ2n) is 5.66. The Balaban J connectivity index is 1.73. The number of carbonyl (C=O) groups excluding carboxylic acids is 1. The molecule has 3 aromatic rings. The molecule has 1 atom stereocenters. The predicted octanol–water partition coefficient (Wildman–Crippen LogP) is 3.15. The summed E-state index contributed by atoms with van der Waals surface area (Å²) >= 11 is 0. The highest BCUT2D eigenvalue weighted by atomic mass is 16.5. The molecule has 0 fully saturated rings. The molecular weight excluding hydrogens is 306 g/mol. The standard InChI is InChI=1S/C18H19N3O3/c1-13-19-17(20-24-13)12-21(2)18(22)11-15(16-9-6-10-23-16)14-7-4-3-5-8-14/h3-10,15H,11-12H2,1-2H3. The minimum atomic E-state index is -0.122. The number of hydrogen-bond donors (Lipinski definition) is 0. The first-order valence-electron chi connectivity index (χ1n) is 7.75. The van der Waals surface area contributed by atoms with Crippen LogP contribution in [0.25, 0.3) is 0 Å². The Morgan fingerprint density at radius 3 is 2.62 bits per heavy atom. The van der Waals surface area contributed by atoms with Crippen molar-refractivity contribution in [3.05, 3.63) is 71.8 Å². The van der Waals surface area contributed by atoms with Gasteiger partial charge in [0.05, 0.1) is 18.7 Å². The minimum Gasteiger partial charge on any atom is -0.469 e. The summed E-state index contributed by atoms with van der Waals surface area (Å²) in [7, 11) is 1.73. The van der Waals surface area contributed by atoms with Crippen LogP contribution in [-0.4, -0.2) is 28.0 Å². The Labute approximate surface area is 140 Å². The molecule has 0 saturated carbocycles. The molecule has 2 aromatic heterocycles. The van der Waals surface area contributed by atoms with Gasteiger partial charge in [-0.25, -0.2) is 0 Å². The second kappa shape index (κ2) is 7.12. The van der Waals surface area contributed by atoms with E-state index in [-0.39, 0.29) is 11.8 Å². The fraction of sp³-hybridized carbons (Fsp3) is 0.278. The fourth-order valence-electron chi connectivity index (χ4n) is 2.59. The monoisotopic (exact) mass is 325 g/mol. The molecule has 0 bridgehead atoms. The predicted molar refractivity (Wildman–Crippen MR) is 87.1 cm³/mol. The Hall–Kier alpha value is -2.89. The summed E-state index contributed by atoms with van der Waals surface area (Å²) in [6.45, 7) is 2.04. The van der Waals surface area contributed by atoms with Crippen molar-refractivity contribution in [3.63, 3.8) is 0 Å². The first-order chi connectivity index (χ1) is 11.6. The van der Waals surface area contributed by atoms with Gasteiger partial charge in [0.25, 0.3) is 0 Å². The van der Waals surface area contributed by atoms with Gasteiger partial charge >= 0.3 is 0 Å². The first kappa shape index (κ1) is 16.0. The lowest BCUT2D eigenvalue weighted by Gasteiger charge is -2.20. The summed E-state index contributed by atoms with van der Waals surface area (Å²) in [6, 6.07) is 13.6. The highest BCUT2D eigenvalue weighted by Gasteiger charge is 2.23. The third kappa shape index (κ3) is 3.71. The number of benzene rings is 1. The molecule has 0 aliphatic rings. The molecule has 0 radical (unpaired) electrons. The Kier molecular flexibility index (Phi) is 4.74. The Bertz CT molecular complexity index is 781. The van der Waals surface area contributed by atoms with Crippen molar-refractivity contribution in [2.24, 2.45) is 0 Å². The maximum Gasteiger partial charge on any atom is 0.223 e. The van der Waals surface area contributed by atoms with Crippen molar-refractivity contribution in [1.82, 2.24) is 15.0 Å². The van der Waals surface area contributed by atoms with Gasteiger partial charge < -0.3 is 13.8 Å². The summed E-state index contributed by atoms with van der Waals surface area (Å²) in [5, 5.41) is 3.83. The molecule has 0 N–H and O–H groups in total. The zero-order valence-electron chi connectivity index (χ0n) is 13.7. The molecule has 6 nitrogen and oxygen atoms in total. The molecule has 0 saturated heterocycles. The molecular formula is C18H19N3O3. The summed E-state index contributed by atoms with van der Waals surface area (Å²) in [6.07, 6.45) is 1.94. The van der Waals surface area contributed by atoms with E-state index in [9.17, 15) is 4.79 Å². The number of hydrogen-bond acceptors (Lipinski definition) is 5. The van der Waals surface area contributed by atoms with Gasteiger partial charge in [-0.3, -0.25) is 4.79 Å². The molecule has 0 aliphatic carbocycles. The van der Waals surface area contributed by atoms with Crippen molar-refractivity contribution in [3.8, 4) is 0 Å². The first-order valence-corrected chi connectivity index (χ1v) is 7.75. The van der Waals surface area contributed by atoms with E-state index in [2.05, 4.69) is 10.1 Å². The maximum atomic E-state index is 12.6. The summed E-state index contributed by atoms with van der Waals surface area (Å²) in [5.74, 6) is 1.63. The van der Waals surface area contributed by atoms with Gasteiger partial charge in [0.1, 0.15) is 5.76 Å². The highest BCUT2D eigenvalue weighted by molar-refractivity contribution is 5.77. The van der Waals surface area contributed by atoms with Crippen molar-refractivity contribution in [2.75, 3.05) is 7.05 Å². The largest absolute Gasteiger partial charge is 0.469 e. The molecule has 1 unspecified atom stereocenters. The smallest absolute Gasteiger partial charge is 0.223 e. The molecule has 0 aliphatic heterocycles. The van der Waals surface area contributed by atoms with Gasteiger partial charge in [-0.05, 0) is 17.7 Å². The van der Waals surface area contributed by atoms with Crippen LogP contribution in [0.3, 0.4) is 0 Å². The van der Waals surface area contributed by atoms with E-state index in [0.717, 1.165) is 11.3 Å². The van der Waals surface area contributed by atoms with Crippen LogP contribution in [0.5, 0.6) is 0 Å². The van der Waals surface area contributed by atoms with E-state index >= 15 is 0 Å². The lowest BCUT2D eigenvalue weighted by Crippen LogP contribution is -2.28. The number of aromatic nitrogens is 2. The van der Waals surface area contributed by atoms with E-state index in [0.29, 0.717) is 24.7 Å². The van der Waals surface area contributed by atoms with Crippen molar-refractivity contribution in [1.29, 1.82) is 0 Å². The van der Waals surface area contributed by atoms with Crippen LogP contribution in [0.1, 0.15) is 35.4 Å². The molecule has 124 valence electrons. The van der Waals surface area contributed by atoms with Crippen LogP contribution >= 0.6 is 0 Å². The number of amides is 1. The highest BCUT2D eigenvalue weighted by Crippen LogP contribution is 2.29. The molecule has 6 heteroatoms. The van der Waals surface area contributed by atoms with Crippen LogP contribution in [0.2, 0.25) is 0 Å². The van der Waals surface area contributed by atoms with Gasteiger partial charge in [0.2, 0.25) is 11.8 Å². The van der Waals surface area contributed by atoms with Crippen LogP contribution in [-0.2, 0) is 11.3 Å². The molecule has 0 spiro atoms. The van der Waals surface area contributed by atoms with Crippen LogP contribution in [0.4, 0.5) is 0 Å². The van der Waals surface area contributed by atoms with Gasteiger partial charge in [-0.2, -0.15) is 4.98 Å². The molecule has 1 aromatic carbocycles. The summed E-state index contributed by atoms with van der Waals surface area (Å²) in [4.78, 5) is 18.4. The van der Waals surface area contributed by atoms with Crippen LogP contribution < -0.4 is 0 Å². The molecule has 3 rings (SSSR count). The van der Waals surface area contributed by atoms with Crippen molar-refractivity contribution < 1.29 is 13.7 Å². The van der Waals surface area contributed by atoms with E-state index in [1.807, 2.05) is 42.5 Å². The number of carbonyl (C=O) groups is 1. The van der Waals surface area contributed by atoms with Crippen LogP contribution in [0.15, 0.2) is 57.7 Å². The van der Waals surface area contributed by atoms with Gasteiger partial charge in [-0.1, -0.05) is 35.5 Å². The Morgan fingerprint density at radius 1 is 1.21 bits per heavy atom. The second-order valence-corrected chi connectivity index (χ2v) is 5.66. The third-order valence-corrected chi connectivity index (χ3v) is 3.84. The van der Waals surface area contributed by atoms with Gasteiger partial charge in [0.15, 0.2) is 5.82 Å². The normalized spacial score (nSPS) is 12.1. The van der Waals surface area contributed by atoms with E-state index in [4.69, 9.17) is 8.94 Å². The van der Waals surface area contributed by atoms with Crippen molar-refractivity contribution in [2.45, 2.75) is 25.8 Å². The lowest BCUT2D eigenvalue weighted by molar-refractivity contribution is -0.130. The average Bonchev–Trinajstić information content (AvgIpc) is 3.25. The zero-order valence-corrected chi connectivity index (χ0v) is 13.7. The maximum absolute atomic E-state index is 12.6. The molecule has 1 amide bonds. The molecule has 2 heterocycles. The van der Waals surface area contributed by atoms with E-state index in [1.165, 1.54) is 0 Å². The zero-order chi connectivity index (χ0) is 16.9. The fourth-order valence-corrected chi connectivity index (χ4v) is 2.59. The number of aryl methyl sites for hydroxylation is 1. The van der Waals surface area contributed by atoms with Gasteiger partial charge in [-0.15, -0.1) is 0 Å². The van der Waals surface area contributed by atoms with E-state index in [1.54, 1.807) is 25.1 Å². The number of furan rings is 1. The van der Waals surface area contributed by atoms with Crippen molar-refractivity contribution >= 4 is 5.91 Å². The van der Waals surface area contributed by atoms with Gasteiger partial charge in [0, 0.05) is 20.4 Å². The SMILES string of the molecule is Cc1nc(CN(C)C(=O)CC(c2ccccc2)c2ccco2)no1. The quantitative estimate of drug-likeness (QED) is 0.696.